The molecule has 4 heterocycles. The van der Waals surface area contributed by atoms with E-state index < -0.39 is 0 Å². The summed E-state index contributed by atoms with van der Waals surface area (Å²) < 4.78 is 8.92. The summed E-state index contributed by atoms with van der Waals surface area (Å²) in [6.07, 6.45) is 9.18. The number of nitrogens with zero attached hydrogens (tertiary/aromatic N) is 6. The number of nitrogens with one attached hydrogen (secondary N) is 1. The number of aryl methyl sites for hydroxylation is 3. The zero-order chi connectivity index (χ0) is 16.0. The third-order valence-electron chi connectivity index (χ3n) is 3.71. The molecule has 116 valence electrons. The van der Waals surface area contributed by atoms with Crippen molar-refractivity contribution in [2.24, 2.45) is 7.05 Å². The maximum Gasteiger partial charge on any atom is 0.180 e. The van der Waals surface area contributed by atoms with Crippen molar-refractivity contribution in [3.8, 4) is 11.3 Å². The fourth-order valence-corrected chi connectivity index (χ4v) is 2.55. The van der Waals surface area contributed by atoms with Gasteiger partial charge in [0.25, 0.3) is 0 Å². The van der Waals surface area contributed by atoms with Crippen molar-refractivity contribution in [1.29, 1.82) is 0 Å². The molecule has 4 aromatic rings. The summed E-state index contributed by atoms with van der Waals surface area (Å²) in [4.78, 5) is 8.89. The highest BCUT2D eigenvalue weighted by atomic mass is 16.5. The third-order valence-corrected chi connectivity index (χ3v) is 3.71. The Morgan fingerprint density at radius 3 is 2.74 bits per heavy atom. The topological polar surface area (TPSA) is 86.1 Å². The molecule has 0 saturated carbocycles. The summed E-state index contributed by atoms with van der Waals surface area (Å²) in [6.45, 7) is 3.74. The molecule has 0 unspecified atom stereocenters. The van der Waals surface area contributed by atoms with Crippen LogP contribution in [0.5, 0.6) is 0 Å². The molecule has 0 aliphatic rings. The Kier molecular flexibility index (Phi) is 2.90. The van der Waals surface area contributed by atoms with Crippen LogP contribution >= 0.6 is 0 Å². The zero-order valence-electron chi connectivity index (χ0n) is 13.0. The Morgan fingerprint density at radius 2 is 2.04 bits per heavy atom. The predicted molar refractivity (Wildman–Crippen MR) is 84.4 cm³/mol. The number of hydrogen-bond acceptors (Lipinski definition) is 6. The molecule has 0 atom stereocenters. The van der Waals surface area contributed by atoms with Crippen LogP contribution in [-0.4, -0.2) is 29.3 Å². The molecule has 0 amide bonds. The van der Waals surface area contributed by atoms with E-state index in [2.05, 4.69) is 25.5 Å². The Balaban J connectivity index is 1.82. The average Bonchev–Trinajstić information content (AvgIpc) is 3.22. The maximum absolute atomic E-state index is 5.18. The summed E-state index contributed by atoms with van der Waals surface area (Å²) >= 11 is 0. The predicted octanol–water partition coefficient (Wildman–Crippen LogP) is 2.48. The third kappa shape index (κ3) is 2.15. The van der Waals surface area contributed by atoms with Gasteiger partial charge in [-0.3, -0.25) is 9.08 Å². The number of anilines is 2. The van der Waals surface area contributed by atoms with Gasteiger partial charge in [-0.25, -0.2) is 9.97 Å². The molecule has 8 heteroatoms. The van der Waals surface area contributed by atoms with E-state index in [4.69, 9.17) is 4.52 Å². The lowest BCUT2D eigenvalue weighted by Gasteiger charge is -2.06. The number of imidazole rings is 1. The van der Waals surface area contributed by atoms with Gasteiger partial charge in [-0.05, 0) is 13.8 Å². The van der Waals surface area contributed by atoms with Crippen LogP contribution in [0.25, 0.3) is 16.9 Å². The van der Waals surface area contributed by atoms with Crippen molar-refractivity contribution in [3.05, 3.63) is 42.4 Å². The largest absolute Gasteiger partial charge is 0.359 e. The molecule has 0 radical (unpaired) electrons. The molecule has 0 aliphatic carbocycles. The summed E-state index contributed by atoms with van der Waals surface area (Å²) in [5.74, 6) is 1.36. The Labute approximate surface area is 131 Å². The fraction of sp³-hybridized carbons (Fsp3) is 0.200. The van der Waals surface area contributed by atoms with E-state index in [1.807, 2.05) is 50.1 Å². The van der Waals surface area contributed by atoms with Gasteiger partial charge < -0.3 is 9.84 Å². The maximum atomic E-state index is 5.18. The van der Waals surface area contributed by atoms with Gasteiger partial charge in [0.2, 0.25) is 0 Å². The number of fused-ring (bicyclic) bond motifs is 1. The van der Waals surface area contributed by atoms with Crippen molar-refractivity contribution in [2.75, 3.05) is 5.32 Å². The van der Waals surface area contributed by atoms with Crippen molar-refractivity contribution in [1.82, 2.24) is 29.3 Å². The molecule has 0 fully saturated rings. The van der Waals surface area contributed by atoms with E-state index in [0.717, 1.165) is 28.3 Å². The second-order valence-electron chi connectivity index (χ2n) is 5.34. The molecular formula is C15H15N7O. The lowest BCUT2D eigenvalue weighted by molar-refractivity contribution is 0.393. The molecule has 8 nitrogen and oxygen atoms in total. The Morgan fingerprint density at radius 1 is 1.17 bits per heavy atom. The number of aromatic nitrogens is 6. The standard InChI is InChI=1S/C15H15N7O/c1-9-13(10(2)23-20-9)19-14-15-17-7-12(22(15)5-4-16-14)11-6-18-21(3)8-11/h4-8H,1-3H3,(H,16,19). The van der Waals surface area contributed by atoms with Crippen molar-refractivity contribution in [2.45, 2.75) is 13.8 Å². The van der Waals surface area contributed by atoms with Crippen LogP contribution in [0.3, 0.4) is 0 Å². The Hall–Kier alpha value is -3.16. The molecule has 1 N–H and O–H groups in total. The van der Waals surface area contributed by atoms with E-state index >= 15 is 0 Å². The van der Waals surface area contributed by atoms with Gasteiger partial charge >= 0.3 is 0 Å². The number of hydrogen-bond donors (Lipinski definition) is 1. The minimum absolute atomic E-state index is 0.650. The van der Waals surface area contributed by atoms with Crippen molar-refractivity contribution in [3.63, 3.8) is 0 Å². The van der Waals surface area contributed by atoms with Crippen LogP contribution in [0.15, 0.2) is 35.5 Å². The highest BCUT2D eigenvalue weighted by molar-refractivity contribution is 5.74. The summed E-state index contributed by atoms with van der Waals surface area (Å²) in [6, 6.07) is 0. The molecule has 4 rings (SSSR count). The second-order valence-corrected chi connectivity index (χ2v) is 5.34. The van der Waals surface area contributed by atoms with Crippen LogP contribution in [-0.2, 0) is 7.05 Å². The first-order valence-corrected chi connectivity index (χ1v) is 7.14. The second kappa shape index (κ2) is 4.94. The smallest absolute Gasteiger partial charge is 0.180 e. The van der Waals surface area contributed by atoms with E-state index in [1.54, 1.807) is 10.9 Å². The molecule has 23 heavy (non-hydrogen) atoms. The van der Waals surface area contributed by atoms with E-state index in [0.29, 0.717) is 11.6 Å². The van der Waals surface area contributed by atoms with E-state index in [9.17, 15) is 0 Å². The highest BCUT2D eigenvalue weighted by Crippen LogP contribution is 2.27. The first kappa shape index (κ1) is 13.5. The van der Waals surface area contributed by atoms with Crippen LogP contribution in [0.2, 0.25) is 0 Å². The van der Waals surface area contributed by atoms with Gasteiger partial charge in [-0.2, -0.15) is 5.10 Å². The first-order chi connectivity index (χ1) is 11.1. The van der Waals surface area contributed by atoms with Crippen LogP contribution in [0.1, 0.15) is 11.5 Å². The van der Waals surface area contributed by atoms with Gasteiger partial charge in [0.15, 0.2) is 17.2 Å². The SMILES string of the molecule is Cc1noc(C)c1Nc1nccn2c(-c3cnn(C)c3)cnc12. The molecule has 4 aromatic heterocycles. The summed E-state index contributed by atoms with van der Waals surface area (Å²) in [7, 11) is 1.89. The minimum Gasteiger partial charge on any atom is -0.359 e. The van der Waals surface area contributed by atoms with Crippen molar-refractivity contribution >= 4 is 17.2 Å². The number of rotatable bonds is 3. The lowest BCUT2D eigenvalue weighted by atomic mass is 10.3. The highest BCUT2D eigenvalue weighted by Gasteiger charge is 2.15. The van der Waals surface area contributed by atoms with Gasteiger partial charge in [0.1, 0.15) is 11.4 Å². The van der Waals surface area contributed by atoms with Gasteiger partial charge in [-0.15, -0.1) is 0 Å². The molecule has 0 aliphatic heterocycles. The van der Waals surface area contributed by atoms with Crippen molar-refractivity contribution < 1.29 is 4.52 Å². The molecule has 0 spiro atoms. The molecule has 0 bridgehead atoms. The molecular weight excluding hydrogens is 294 g/mol. The van der Waals surface area contributed by atoms with Crippen LogP contribution in [0.4, 0.5) is 11.5 Å². The molecule has 0 aromatic carbocycles. The van der Waals surface area contributed by atoms with E-state index in [-0.39, 0.29) is 0 Å². The lowest BCUT2D eigenvalue weighted by Crippen LogP contribution is -1.99. The van der Waals surface area contributed by atoms with Gasteiger partial charge in [0.05, 0.1) is 18.1 Å². The van der Waals surface area contributed by atoms with Gasteiger partial charge in [-0.1, -0.05) is 5.16 Å². The normalized spacial score (nSPS) is 11.3. The summed E-state index contributed by atoms with van der Waals surface area (Å²) in [5, 5.41) is 11.4. The minimum atomic E-state index is 0.650. The first-order valence-electron chi connectivity index (χ1n) is 7.14. The van der Waals surface area contributed by atoms with Gasteiger partial charge in [0, 0.05) is 31.2 Å². The monoisotopic (exact) mass is 309 g/mol. The van der Waals surface area contributed by atoms with Crippen LogP contribution < -0.4 is 5.32 Å². The Bertz CT molecular complexity index is 975. The average molecular weight is 309 g/mol. The van der Waals surface area contributed by atoms with E-state index in [1.165, 1.54) is 0 Å². The quantitative estimate of drug-likeness (QED) is 0.625. The molecule has 0 saturated heterocycles. The summed E-state index contributed by atoms with van der Waals surface area (Å²) in [5.41, 5.74) is 4.28. The zero-order valence-corrected chi connectivity index (χ0v) is 13.0. The fourth-order valence-electron chi connectivity index (χ4n) is 2.55. The van der Waals surface area contributed by atoms with Crippen LogP contribution in [0, 0.1) is 13.8 Å².